The van der Waals surface area contributed by atoms with E-state index in [4.69, 9.17) is 21.1 Å². The maximum atomic E-state index is 12.6. The second kappa shape index (κ2) is 10.9. The maximum Gasteiger partial charge on any atom is 0.245 e. The van der Waals surface area contributed by atoms with Crippen molar-refractivity contribution >= 4 is 35.3 Å². The van der Waals surface area contributed by atoms with Crippen molar-refractivity contribution in [2.75, 3.05) is 18.6 Å². The highest BCUT2D eigenvalue weighted by Gasteiger charge is 2.35. The number of hydrogen-bond acceptors (Lipinski definition) is 5. The first kappa shape index (κ1) is 23.3. The summed E-state index contributed by atoms with van der Waals surface area (Å²) in [6.45, 7) is 0.603. The Kier molecular flexibility index (Phi) is 7.44. The number of nitrogens with one attached hydrogen (secondary N) is 1. The van der Waals surface area contributed by atoms with Gasteiger partial charge in [0.1, 0.15) is 18.1 Å². The van der Waals surface area contributed by atoms with Gasteiger partial charge in [-0.15, -0.1) is 0 Å². The van der Waals surface area contributed by atoms with E-state index in [1.54, 1.807) is 36.3 Å². The summed E-state index contributed by atoms with van der Waals surface area (Å²) in [7, 11) is 1.58. The normalized spacial score (nSPS) is 15.5. The van der Waals surface area contributed by atoms with Crippen molar-refractivity contribution in [3.8, 4) is 11.5 Å². The molecule has 1 aliphatic heterocycles. The third-order valence-corrected chi connectivity index (χ3v) is 5.89. The first-order valence-electron chi connectivity index (χ1n) is 10.8. The Labute approximate surface area is 202 Å². The van der Waals surface area contributed by atoms with Gasteiger partial charge in [0.25, 0.3) is 0 Å². The van der Waals surface area contributed by atoms with Gasteiger partial charge >= 0.3 is 0 Å². The number of halogens is 1. The summed E-state index contributed by atoms with van der Waals surface area (Å²) in [4.78, 5) is 26.7. The van der Waals surface area contributed by atoms with Crippen molar-refractivity contribution in [2.45, 2.75) is 13.0 Å². The molecule has 4 rings (SSSR count). The minimum Gasteiger partial charge on any atom is -0.497 e. The number of benzene rings is 3. The van der Waals surface area contributed by atoms with Crippen LogP contribution >= 0.6 is 11.6 Å². The Hall–Kier alpha value is -3.84. The molecule has 1 fully saturated rings. The fraction of sp³-hybridized carbons (Fsp3) is 0.192. The number of para-hydroxylation sites is 1. The summed E-state index contributed by atoms with van der Waals surface area (Å²) in [5.41, 5.74) is 4.86. The molecule has 7 nitrogen and oxygen atoms in total. The van der Waals surface area contributed by atoms with Gasteiger partial charge in [-0.05, 0) is 42.5 Å². The molecule has 8 heteroatoms. The molecule has 2 amide bonds. The second-order valence-corrected chi connectivity index (χ2v) is 8.16. The van der Waals surface area contributed by atoms with Gasteiger partial charge in [0, 0.05) is 34.8 Å². The number of hydrogen-bond donors (Lipinski definition) is 1. The molecule has 0 aliphatic carbocycles. The number of carbonyl (C=O) groups is 2. The van der Waals surface area contributed by atoms with Crippen LogP contribution in [-0.4, -0.2) is 31.7 Å². The number of ether oxygens (including phenoxy) is 2. The number of hydrazone groups is 1. The van der Waals surface area contributed by atoms with Crippen LogP contribution in [0.15, 0.2) is 77.9 Å². The summed E-state index contributed by atoms with van der Waals surface area (Å²) in [5, 5.41) is 4.72. The van der Waals surface area contributed by atoms with Crippen molar-refractivity contribution in [1.29, 1.82) is 0 Å². The zero-order valence-electron chi connectivity index (χ0n) is 18.6. The monoisotopic (exact) mass is 477 g/mol. The van der Waals surface area contributed by atoms with Gasteiger partial charge in [-0.1, -0.05) is 41.9 Å². The maximum absolute atomic E-state index is 12.6. The van der Waals surface area contributed by atoms with E-state index < -0.39 is 5.92 Å². The van der Waals surface area contributed by atoms with Crippen LogP contribution in [0.1, 0.15) is 17.5 Å². The van der Waals surface area contributed by atoms with E-state index in [-0.39, 0.29) is 18.2 Å². The van der Waals surface area contributed by atoms with Crippen LogP contribution in [0.2, 0.25) is 5.02 Å². The van der Waals surface area contributed by atoms with Crippen LogP contribution in [0.5, 0.6) is 11.5 Å². The summed E-state index contributed by atoms with van der Waals surface area (Å²) >= 11 is 6.20. The van der Waals surface area contributed by atoms with E-state index in [0.29, 0.717) is 35.2 Å². The van der Waals surface area contributed by atoms with Crippen molar-refractivity contribution in [1.82, 2.24) is 5.43 Å². The molecule has 0 spiro atoms. The van der Waals surface area contributed by atoms with Crippen LogP contribution in [-0.2, 0) is 16.2 Å². The van der Waals surface area contributed by atoms with Crippen LogP contribution < -0.4 is 19.8 Å². The standard InChI is InChI=1S/C26H24ClN3O4/c1-33-22-12-10-21(11-13-22)30-16-20(14-25(30)31)26(32)29-28-15-18-6-3-5-9-24(18)34-17-19-7-2-4-8-23(19)27/h2-13,15,20H,14,16-17H2,1H3,(H,29,32)/b28-15-/t20-/m1/s1. The quantitative estimate of drug-likeness (QED) is 0.384. The van der Waals surface area contributed by atoms with Crippen LogP contribution in [0.4, 0.5) is 5.69 Å². The zero-order valence-corrected chi connectivity index (χ0v) is 19.4. The average molecular weight is 478 g/mol. The number of carbonyl (C=O) groups excluding carboxylic acids is 2. The highest BCUT2D eigenvalue weighted by Crippen LogP contribution is 2.27. The molecular weight excluding hydrogens is 454 g/mol. The lowest BCUT2D eigenvalue weighted by Crippen LogP contribution is -2.30. The summed E-state index contributed by atoms with van der Waals surface area (Å²) < 4.78 is 11.1. The topological polar surface area (TPSA) is 80.2 Å². The lowest BCUT2D eigenvalue weighted by Gasteiger charge is -2.16. The molecule has 3 aromatic rings. The van der Waals surface area contributed by atoms with Gasteiger partial charge in [0.05, 0.1) is 19.2 Å². The number of methoxy groups -OCH3 is 1. The van der Waals surface area contributed by atoms with Crippen molar-refractivity contribution in [3.63, 3.8) is 0 Å². The Balaban J connectivity index is 1.35. The van der Waals surface area contributed by atoms with Crippen LogP contribution in [0.3, 0.4) is 0 Å². The Bertz CT molecular complexity index is 1200. The smallest absolute Gasteiger partial charge is 0.245 e. The number of anilines is 1. The summed E-state index contributed by atoms with van der Waals surface area (Å²) in [5.74, 6) is 0.415. The van der Waals surface area contributed by atoms with E-state index in [1.807, 2.05) is 48.5 Å². The largest absolute Gasteiger partial charge is 0.497 e. The van der Waals surface area contributed by atoms with Crippen molar-refractivity contribution in [2.24, 2.45) is 11.0 Å². The predicted octanol–water partition coefficient (Wildman–Crippen LogP) is 4.43. The molecule has 34 heavy (non-hydrogen) atoms. The first-order chi connectivity index (χ1) is 16.5. The Morgan fingerprint density at radius 3 is 2.62 bits per heavy atom. The molecule has 1 aliphatic rings. The minimum absolute atomic E-state index is 0.104. The average Bonchev–Trinajstić information content (AvgIpc) is 3.26. The fourth-order valence-electron chi connectivity index (χ4n) is 3.64. The third kappa shape index (κ3) is 5.55. The molecule has 1 saturated heterocycles. The lowest BCUT2D eigenvalue weighted by atomic mass is 10.1. The molecule has 0 unspecified atom stereocenters. The molecule has 1 atom stereocenters. The first-order valence-corrected chi connectivity index (χ1v) is 11.2. The van der Waals surface area contributed by atoms with E-state index >= 15 is 0 Å². The SMILES string of the molecule is COc1ccc(N2C[C@H](C(=O)N/N=C\c3ccccc3OCc3ccccc3Cl)CC2=O)cc1. The van der Waals surface area contributed by atoms with E-state index in [1.165, 1.54) is 6.21 Å². The van der Waals surface area contributed by atoms with Gasteiger partial charge in [0.2, 0.25) is 11.8 Å². The molecule has 0 bridgehead atoms. The van der Waals surface area contributed by atoms with Gasteiger partial charge in [0.15, 0.2) is 0 Å². The summed E-state index contributed by atoms with van der Waals surface area (Å²) in [6.07, 6.45) is 1.66. The second-order valence-electron chi connectivity index (χ2n) is 7.76. The lowest BCUT2D eigenvalue weighted by molar-refractivity contribution is -0.126. The third-order valence-electron chi connectivity index (χ3n) is 5.52. The Morgan fingerprint density at radius 2 is 1.85 bits per heavy atom. The zero-order chi connectivity index (χ0) is 23.9. The number of amides is 2. The van der Waals surface area contributed by atoms with E-state index in [0.717, 1.165) is 11.3 Å². The highest BCUT2D eigenvalue weighted by atomic mass is 35.5. The molecule has 0 radical (unpaired) electrons. The van der Waals surface area contributed by atoms with Crippen molar-refractivity contribution < 1.29 is 19.1 Å². The molecular formula is C26H24ClN3O4. The molecule has 3 aromatic carbocycles. The van der Waals surface area contributed by atoms with Gasteiger partial charge in [-0.2, -0.15) is 5.10 Å². The van der Waals surface area contributed by atoms with Gasteiger partial charge in [-0.3, -0.25) is 9.59 Å². The van der Waals surface area contributed by atoms with E-state index in [9.17, 15) is 9.59 Å². The molecule has 1 N–H and O–H groups in total. The predicted molar refractivity (Wildman–Crippen MR) is 131 cm³/mol. The highest BCUT2D eigenvalue weighted by molar-refractivity contribution is 6.31. The minimum atomic E-state index is -0.488. The number of nitrogens with zero attached hydrogens (tertiary/aromatic N) is 2. The van der Waals surface area contributed by atoms with Gasteiger partial charge < -0.3 is 14.4 Å². The summed E-state index contributed by atoms with van der Waals surface area (Å²) in [6, 6.07) is 22.0. The molecule has 174 valence electrons. The van der Waals surface area contributed by atoms with E-state index in [2.05, 4.69) is 10.5 Å². The number of rotatable bonds is 8. The fourth-order valence-corrected chi connectivity index (χ4v) is 3.83. The molecule has 1 heterocycles. The van der Waals surface area contributed by atoms with Crippen molar-refractivity contribution in [3.05, 3.63) is 88.9 Å². The Morgan fingerprint density at radius 1 is 1.12 bits per heavy atom. The molecule has 0 aromatic heterocycles. The van der Waals surface area contributed by atoms with Crippen LogP contribution in [0, 0.1) is 5.92 Å². The molecule has 0 saturated carbocycles. The van der Waals surface area contributed by atoms with Gasteiger partial charge in [-0.25, -0.2) is 5.43 Å². The van der Waals surface area contributed by atoms with Crippen LogP contribution in [0.25, 0.3) is 0 Å².